The average molecular weight is 354 g/mol. The number of ether oxygens (including phenoxy) is 1. The number of carbonyl (C=O) groups excluding carboxylic acids is 1. The number of carbonyl (C=O) groups is 1. The van der Waals surface area contributed by atoms with E-state index in [9.17, 15) is 9.82 Å². The van der Waals surface area contributed by atoms with Crippen LogP contribution in [0.25, 0.3) is 16.6 Å². The lowest BCUT2D eigenvalue weighted by Crippen LogP contribution is -2.33. The molecular weight excluding hydrogens is 331 g/mol. The Bertz CT molecular complexity index is 877. The van der Waals surface area contributed by atoms with Gasteiger partial charge in [-0.15, -0.1) is 0 Å². The van der Waals surface area contributed by atoms with E-state index in [4.69, 9.17) is 9.39 Å². The summed E-state index contributed by atoms with van der Waals surface area (Å²) in [5.41, 5.74) is 2.45. The minimum atomic E-state index is -0.958. The lowest BCUT2D eigenvalue weighted by atomic mass is 9.65. The molecule has 0 amide bonds. The molecule has 2 aromatic heterocycles. The van der Waals surface area contributed by atoms with Crippen LogP contribution in [0.15, 0.2) is 24.4 Å². The standard InChI is InChI=1S/C19H23BN2O4/c1-19(2,3)25-16(23)8-11-6-12(7-11)14-9-20(24)26-15-10-22-18-13(17(14)15)4-5-21-18/h4-5,9-12,24H,6-8H2,1-3H3,(H,21,22). The summed E-state index contributed by atoms with van der Waals surface area (Å²) < 4.78 is 11.0. The summed E-state index contributed by atoms with van der Waals surface area (Å²) >= 11 is 0. The van der Waals surface area contributed by atoms with Crippen molar-refractivity contribution in [2.45, 2.75) is 45.6 Å². The van der Waals surface area contributed by atoms with Crippen LogP contribution in [0.4, 0.5) is 0 Å². The molecule has 1 fully saturated rings. The van der Waals surface area contributed by atoms with Gasteiger partial charge >= 0.3 is 13.1 Å². The van der Waals surface area contributed by atoms with Crippen LogP contribution < -0.4 is 4.65 Å². The molecule has 1 aliphatic carbocycles. The molecule has 3 heterocycles. The maximum atomic E-state index is 12.0. The smallest absolute Gasteiger partial charge is 0.531 e. The van der Waals surface area contributed by atoms with Gasteiger partial charge in [0.05, 0.1) is 6.20 Å². The Balaban J connectivity index is 1.50. The van der Waals surface area contributed by atoms with Crippen molar-refractivity contribution in [1.82, 2.24) is 9.97 Å². The molecule has 1 saturated carbocycles. The van der Waals surface area contributed by atoms with E-state index in [1.165, 1.54) is 0 Å². The number of hydrogen-bond acceptors (Lipinski definition) is 5. The van der Waals surface area contributed by atoms with E-state index in [1.807, 2.05) is 33.0 Å². The molecule has 4 rings (SSSR count). The van der Waals surface area contributed by atoms with E-state index in [1.54, 1.807) is 12.2 Å². The Morgan fingerprint density at radius 3 is 2.96 bits per heavy atom. The average Bonchev–Trinajstić information content (AvgIpc) is 2.96. The quantitative estimate of drug-likeness (QED) is 0.654. The predicted molar refractivity (Wildman–Crippen MR) is 99.3 cm³/mol. The van der Waals surface area contributed by atoms with Crippen molar-refractivity contribution in [3.8, 4) is 5.75 Å². The molecule has 1 aliphatic heterocycles. The summed E-state index contributed by atoms with van der Waals surface area (Å²) in [7, 11) is -0.958. The summed E-state index contributed by atoms with van der Waals surface area (Å²) in [6.45, 7) is 5.65. The summed E-state index contributed by atoms with van der Waals surface area (Å²) in [6.07, 6.45) is 5.77. The normalized spacial score (nSPS) is 22.3. The van der Waals surface area contributed by atoms with E-state index < -0.39 is 12.7 Å². The molecule has 0 unspecified atom stereocenters. The van der Waals surface area contributed by atoms with Crippen LogP contribution in [-0.4, -0.2) is 33.7 Å². The Morgan fingerprint density at radius 1 is 1.46 bits per heavy atom. The van der Waals surface area contributed by atoms with Gasteiger partial charge in [0.25, 0.3) is 0 Å². The number of pyridine rings is 1. The van der Waals surface area contributed by atoms with E-state index in [0.717, 1.165) is 35.0 Å². The Hall–Kier alpha value is -2.28. The van der Waals surface area contributed by atoms with Crippen molar-refractivity contribution < 1.29 is 19.2 Å². The van der Waals surface area contributed by atoms with Crippen LogP contribution in [-0.2, 0) is 9.53 Å². The van der Waals surface area contributed by atoms with Gasteiger partial charge in [-0.1, -0.05) is 0 Å². The molecule has 0 saturated heterocycles. The zero-order chi connectivity index (χ0) is 18.5. The summed E-state index contributed by atoms with van der Waals surface area (Å²) in [4.78, 5) is 19.5. The predicted octanol–water partition coefficient (Wildman–Crippen LogP) is 3.12. The molecule has 2 aromatic rings. The summed E-state index contributed by atoms with van der Waals surface area (Å²) in [6, 6.07) is 1.98. The van der Waals surface area contributed by atoms with Gasteiger partial charge in [0.1, 0.15) is 17.0 Å². The van der Waals surface area contributed by atoms with Crippen molar-refractivity contribution in [2.24, 2.45) is 11.8 Å². The molecule has 0 aromatic carbocycles. The lowest BCUT2D eigenvalue weighted by molar-refractivity contribution is -0.156. The van der Waals surface area contributed by atoms with Gasteiger partial charge < -0.3 is 19.4 Å². The van der Waals surface area contributed by atoms with Gasteiger partial charge in [-0.3, -0.25) is 4.79 Å². The number of allylic oxidation sites excluding steroid dienone is 1. The third-order valence-corrected chi connectivity index (χ3v) is 4.96. The first-order valence-corrected chi connectivity index (χ1v) is 9.05. The highest BCUT2D eigenvalue weighted by atomic mass is 16.6. The van der Waals surface area contributed by atoms with Crippen molar-refractivity contribution in [2.75, 3.05) is 0 Å². The van der Waals surface area contributed by atoms with Gasteiger partial charge in [0.2, 0.25) is 0 Å². The molecule has 2 aliphatic rings. The minimum absolute atomic E-state index is 0.139. The molecular formula is C19H23BN2O4. The second-order valence-corrected chi connectivity index (χ2v) is 8.19. The second-order valence-electron chi connectivity index (χ2n) is 8.19. The largest absolute Gasteiger partial charge is 0.552 e. The van der Waals surface area contributed by atoms with E-state index in [2.05, 4.69) is 9.97 Å². The molecule has 7 heteroatoms. The topological polar surface area (TPSA) is 84.4 Å². The number of nitrogens with zero attached hydrogens (tertiary/aromatic N) is 1. The first kappa shape index (κ1) is 17.2. The van der Waals surface area contributed by atoms with Gasteiger partial charge in [-0.2, -0.15) is 0 Å². The fourth-order valence-electron chi connectivity index (χ4n) is 3.89. The maximum Gasteiger partial charge on any atom is 0.552 e. The second kappa shape index (κ2) is 6.16. The highest BCUT2D eigenvalue weighted by molar-refractivity contribution is 6.52. The number of hydrogen-bond donors (Lipinski definition) is 2. The fraction of sp³-hybridized carbons (Fsp3) is 0.474. The molecule has 0 bridgehead atoms. The van der Waals surface area contributed by atoms with E-state index >= 15 is 0 Å². The molecule has 26 heavy (non-hydrogen) atoms. The number of H-pyrrole nitrogens is 1. The SMILES string of the molecule is CC(C)(C)OC(=O)CC1CC(C2=CB(O)Oc3cnc4[nH]ccc4c32)C1. The van der Waals surface area contributed by atoms with Crippen LogP contribution >= 0.6 is 0 Å². The number of esters is 1. The maximum absolute atomic E-state index is 12.0. The molecule has 0 radical (unpaired) electrons. The third-order valence-electron chi connectivity index (χ3n) is 4.96. The number of fused-ring (bicyclic) bond motifs is 3. The number of nitrogens with one attached hydrogen (secondary N) is 1. The van der Waals surface area contributed by atoms with Gasteiger partial charge in [0, 0.05) is 23.6 Å². The van der Waals surface area contributed by atoms with Gasteiger partial charge in [-0.05, 0) is 63.1 Å². The molecule has 136 valence electrons. The number of aromatic nitrogens is 2. The monoisotopic (exact) mass is 354 g/mol. The Labute approximate surface area is 152 Å². The van der Waals surface area contributed by atoms with Crippen LogP contribution in [0.2, 0.25) is 0 Å². The highest BCUT2D eigenvalue weighted by Crippen LogP contribution is 2.49. The number of rotatable bonds is 3. The zero-order valence-corrected chi connectivity index (χ0v) is 15.3. The van der Waals surface area contributed by atoms with E-state index in [0.29, 0.717) is 24.0 Å². The van der Waals surface area contributed by atoms with E-state index in [-0.39, 0.29) is 5.97 Å². The molecule has 0 spiro atoms. The first-order valence-electron chi connectivity index (χ1n) is 9.05. The minimum Gasteiger partial charge on any atom is -0.531 e. The van der Waals surface area contributed by atoms with Crippen LogP contribution in [0, 0.1) is 11.8 Å². The van der Waals surface area contributed by atoms with Crippen LogP contribution in [0.5, 0.6) is 5.75 Å². The molecule has 0 atom stereocenters. The molecule has 6 nitrogen and oxygen atoms in total. The first-order chi connectivity index (χ1) is 12.3. The Kier molecular flexibility index (Phi) is 4.06. The van der Waals surface area contributed by atoms with Crippen molar-refractivity contribution >= 4 is 29.7 Å². The summed E-state index contributed by atoms with van der Waals surface area (Å²) in [5, 5.41) is 11.0. The van der Waals surface area contributed by atoms with Crippen LogP contribution in [0.1, 0.15) is 45.6 Å². The zero-order valence-electron chi connectivity index (χ0n) is 15.3. The number of aromatic amines is 1. The Morgan fingerprint density at radius 2 is 2.23 bits per heavy atom. The third kappa shape index (κ3) is 3.23. The van der Waals surface area contributed by atoms with Crippen molar-refractivity contribution in [1.29, 1.82) is 0 Å². The van der Waals surface area contributed by atoms with Gasteiger partial charge in [-0.25, -0.2) is 4.98 Å². The highest BCUT2D eigenvalue weighted by Gasteiger charge is 2.38. The summed E-state index contributed by atoms with van der Waals surface area (Å²) in [5.74, 6) is 2.88. The van der Waals surface area contributed by atoms with Gasteiger partial charge in [0.15, 0.2) is 0 Å². The fourth-order valence-corrected chi connectivity index (χ4v) is 3.89. The lowest BCUT2D eigenvalue weighted by Gasteiger charge is -2.39. The molecule has 2 N–H and O–H groups in total. The van der Waals surface area contributed by atoms with Crippen molar-refractivity contribution in [3.05, 3.63) is 30.0 Å². The van der Waals surface area contributed by atoms with Crippen LogP contribution in [0.3, 0.4) is 0 Å². The van der Waals surface area contributed by atoms with Crippen molar-refractivity contribution in [3.63, 3.8) is 0 Å².